The van der Waals surface area contributed by atoms with E-state index < -0.39 is 41.6 Å². The summed E-state index contributed by atoms with van der Waals surface area (Å²) < 4.78 is 14.1. The van der Waals surface area contributed by atoms with Crippen molar-refractivity contribution in [2.75, 3.05) is 21.3 Å². The predicted molar refractivity (Wildman–Crippen MR) is 73.8 cm³/mol. The summed E-state index contributed by atoms with van der Waals surface area (Å²) in [6.45, 7) is 1.32. The van der Waals surface area contributed by atoms with Gasteiger partial charge in [-0.2, -0.15) is 0 Å². The molecule has 24 heavy (non-hydrogen) atoms. The fourth-order valence-electron chi connectivity index (χ4n) is 3.09. The second-order valence-electron chi connectivity index (χ2n) is 5.56. The van der Waals surface area contributed by atoms with E-state index in [2.05, 4.69) is 9.47 Å². The molecule has 0 saturated carbocycles. The molecule has 0 aliphatic carbocycles. The number of esters is 3. The number of fused-ring (bicyclic) bond motifs is 1. The van der Waals surface area contributed by atoms with Gasteiger partial charge in [0.05, 0.1) is 21.3 Å². The average Bonchev–Trinajstić information content (AvgIpc) is 3.07. The maximum atomic E-state index is 12.5. The normalized spacial score (nSPS) is 32.1. The summed E-state index contributed by atoms with van der Waals surface area (Å²) in [5, 5.41) is 0.773. The van der Waals surface area contributed by atoms with Crippen LogP contribution in [0.25, 0.3) is 0 Å². The van der Waals surface area contributed by atoms with E-state index in [1.54, 1.807) is 0 Å². The molecule has 10 heteroatoms. The number of Topliss-reactive ketones (excluding diaryl/α,β-unsaturated/α-hetero) is 1. The first-order chi connectivity index (χ1) is 11.3. The first-order valence-electron chi connectivity index (χ1n) is 7.19. The number of hydrogen-bond acceptors (Lipinski definition) is 10. The number of hydroxylamine groups is 2. The van der Waals surface area contributed by atoms with Gasteiger partial charge in [-0.3, -0.25) is 9.68 Å². The monoisotopic (exact) mass is 345 g/mol. The molecule has 4 atom stereocenters. The minimum Gasteiger partial charge on any atom is -0.467 e. The van der Waals surface area contributed by atoms with Crippen LogP contribution in [-0.2, 0) is 43.1 Å². The molecule has 2 aliphatic rings. The van der Waals surface area contributed by atoms with Crippen molar-refractivity contribution in [2.24, 2.45) is 5.92 Å². The van der Waals surface area contributed by atoms with Gasteiger partial charge in [0.25, 0.3) is 0 Å². The van der Waals surface area contributed by atoms with Gasteiger partial charge in [-0.05, 0) is 12.2 Å². The highest BCUT2D eigenvalue weighted by Gasteiger charge is 2.69. The molecule has 0 aromatic carbocycles. The largest absolute Gasteiger partial charge is 0.467 e. The Balaban J connectivity index is 2.45. The van der Waals surface area contributed by atoms with Gasteiger partial charge in [-0.1, -0.05) is 0 Å². The van der Waals surface area contributed by atoms with Crippen molar-refractivity contribution >= 4 is 23.7 Å². The number of carbonyl (C=O) groups is 4. The number of hydrogen-bond donors (Lipinski definition) is 0. The SMILES string of the molecule is COC(=O)[C@H]1ON2O[C@@H](C(=O)OC)C[C@]2(C(=O)OC)[C@@H]1CC(C)=O. The zero-order valence-corrected chi connectivity index (χ0v) is 13.8. The Hall–Kier alpha value is -2.04. The standard InChI is InChI=1S/C14H19NO9/c1-7(16)5-8-10(12(18)21-3)24-15-14(8,13(19)22-4)6-9(23-15)11(17)20-2/h8-10H,5-6H2,1-4H3/t8-,9-,10+,14-/m1/s1. The second-order valence-corrected chi connectivity index (χ2v) is 5.56. The van der Waals surface area contributed by atoms with Crippen LogP contribution in [0.1, 0.15) is 19.8 Å². The summed E-state index contributed by atoms with van der Waals surface area (Å²) >= 11 is 0. The fourth-order valence-corrected chi connectivity index (χ4v) is 3.09. The summed E-state index contributed by atoms with van der Waals surface area (Å²) in [6, 6.07) is 0. The Bertz CT molecular complexity index is 562. The van der Waals surface area contributed by atoms with Crippen molar-refractivity contribution in [1.29, 1.82) is 0 Å². The van der Waals surface area contributed by atoms with Gasteiger partial charge in [0.2, 0.25) is 0 Å². The van der Waals surface area contributed by atoms with Gasteiger partial charge in [0, 0.05) is 18.8 Å². The Labute approximate surface area is 137 Å². The molecule has 2 aliphatic heterocycles. The zero-order valence-electron chi connectivity index (χ0n) is 13.8. The van der Waals surface area contributed by atoms with Gasteiger partial charge >= 0.3 is 17.9 Å². The minimum absolute atomic E-state index is 0.164. The van der Waals surface area contributed by atoms with Crippen LogP contribution < -0.4 is 0 Å². The molecule has 134 valence electrons. The molecule has 2 rings (SSSR count). The lowest BCUT2D eigenvalue weighted by Crippen LogP contribution is -2.52. The lowest BCUT2D eigenvalue weighted by Gasteiger charge is -2.29. The van der Waals surface area contributed by atoms with E-state index in [9.17, 15) is 19.2 Å². The summed E-state index contributed by atoms with van der Waals surface area (Å²) in [5.74, 6) is -3.48. The lowest BCUT2D eigenvalue weighted by molar-refractivity contribution is -0.362. The summed E-state index contributed by atoms with van der Waals surface area (Å²) in [4.78, 5) is 58.6. The van der Waals surface area contributed by atoms with E-state index in [0.717, 1.165) is 19.4 Å². The highest BCUT2D eigenvalue weighted by atomic mass is 17.0. The molecular formula is C14H19NO9. The first kappa shape index (κ1) is 18.3. The minimum atomic E-state index is -1.63. The Morgan fingerprint density at radius 3 is 2.17 bits per heavy atom. The number of nitrogens with zero attached hydrogens (tertiary/aromatic N) is 1. The van der Waals surface area contributed by atoms with Crippen molar-refractivity contribution in [3.63, 3.8) is 0 Å². The van der Waals surface area contributed by atoms with Crippen LogP contribution in [0.5, 0.6) is 0 Å². The summed E-state index contributed by atoms with van der Waals surface area (Å²) in [5.41, 5.74) is -1.63. The predicted octanol–water partition coefficient (Wildman–Crippen LogP) is -0.841. The van der Waals surface area contributed by atoms with E-state index in [-0.39, 0.29) is 18.6 Å². The number of methoxy groups -OCH3 is 3. The lowest BCUT2D eigenvalue weighted by atomic mass is 9.75. The molecule has 0 amide bonds. The van der Waals surface area contributed by atoms with Crippen LogP contribution in [-0.4, -0.2) is 68.0 Å². The molecule has 0 radical (unpaired) electrons. The fraction of sp³-hybridized carbons (Fsp3) is 0.714. The highest BCUT2D eigenvalue weighted by molar-refractivity contribution is 5.88. The Kier molecular flexibility index (Phi) is 5.21. The summed E-state index contributed by atoms with van der Waals surface area (Å²) in [6.07, 6.45) is -2.71. The molecule has 2 saturated heterocycles. The molecule has 0 spiro atoms. The van der Waals surface area contributed by atoms with E-state index in [1.165, 1.54) is 14.0 Å². The molecule has 0 N–H and O–H groups in total. The smallest absolute Gasteiger partial charge is 0.337 e. The molecule has 0 aromatic heterocycles. The Morgan fingerprint density at radius 2 is 1.67 bits per heavy atom. The van der Waals surface area contributed by atoms with Gasteiger partial charge in [0.15, 0.2) is 17.7 Å². The maximum Gasteiger partial charge on any atom is 0.337 e. The number of carbonyl (C=O) groups excluding carboxylic acids is 4. The molecule has 10 nitrogen and oxygen atoms in total. The van der Waals surface area contributed by atoms with Gasteiger partial charge in [-0.25, -0.2) is 14.4 Å². The topological polar surface area (TPSA) is 118 Å². The van der Waals surface area contributed by atoms with Crippen LogP contribution in [0.15, 0.2) is 0 Å². The van der Waals surface area contributed by atoms with Crippen LogP contribution in [0.4, 0.5) is 0 Å². The van der Waals surface area contributed by atoms with Crippen molar-refractivity contribution in [3.8, 4) is 0 Å². The van der Waals surface area contributed by atoms with Crippen molar-refractivity contribution in [1.82, 2.24) is 5.23 Å². The Morgan fingerprint density at radius 1 is 1.04 bits per heavy atom. The average molecular weight is 345 g/mol. The molecule has 2 heterocycles. The number of ketones is 1. The molecule has 2 fully saturated rings. The van der Waals surface area contributed by atoms with Gasteiger partial charge < -0.3 is 19.0 Å². The number of rotatable bonds is 5. The van der Waals surface area contributed by atoms with Crippen molar-refractivity contribution in [3.05, 3.63) is 0 Å². The van der Waals surface area contributed by atoms with Crippen LogP contribution in [0.3, 0.4) is 0 Å². The third-order valence-electron chi connectivity index (χ3n) is 4.18. The van der Waals surface area contributed by atoms with Crippen molar-refractivity contribution < 1.29 is 43.1 Å². The van der Waals surface area contributed by atoms with Crippen LogP contribution >= 0.6 is 0 Å². The maximum absolute atomic E-state index is 12.5. The third-order valence-corrected chi connectivity index (χ3v) is 4.18. The molecule has 0 aromatic rings. The van der Waals surface area contributed by atoms with Crippen LogP contribution in [0.2, 0.25) is 0 Å². The quantitative estimate of drug-likeness (QED) is 0.461. The zero-order chi connectivity index (χ0) is 18.1. The van der Waals surface area contributed by atoms with E-state index in [1.807, 2.05) is 0 Å². The second kappa shape index (κ2) is 6.83. The van der Waals surface area contributed by atoms with E-state index in [0.29, 0.717) is 0 Å². The molecule has 0 unspecified atom stereocenters. The third kappa shape index (κ3) is 2.76. The number of ether oxygens (including phenoxy) is 3. The first-order valence-corrected chi connectivity index (χ1v) is 7.19. The summed E-state index contributed by atoms with van der Waals surface area (Å²) in [7, 11) is 3.48. The van der Waals surface area contributed by atoms with E-state index in [4.69, 9.17) is 14.4 Å². The molecular weight excluding hydrogens is 326 g/mol. The van der Waals surface area contributed by atoms with Crippen molar-refractivity contribution in [2.45, 2.75) is 37.5 Å². The van der Waals surface area contributed by atoms with Gasteiger partial charge in [0.1, 0.15) is 5.78 Å². The van der Waals surface area contributed by atoms with Crippen LogP contribution in [0, 0.1) is 5.92 Å². The van der Waals surface area contributed by atoms with Gasteiger partial charge in [-0.15, -0.1) is 0 Å². The highest BCUT2D eigenvalue weighted by Crippen LogP contribution is 2.49. The molecule has 0 bridgehead atoms. The van der Waals surface area contributed by atoms with E-state index >= 15 is 0 Å².